The molecule has 2 heterocycles. The molecule has 5 rings (SSSR count). The Labute approximate surface area is 199 Å². The molecule has 0 saturated heterocycles. The van der Waals surface area contributed by atoms with Gasteiger partial charge in [-0.2, -0.15) is 0 Å². The number of ether oxygens (including phenoxy) is 1. The Kier molecular flexibility index (Phi) is 5.95. The summed E-state index contributed by atoms with van der Waals surface area (Å²) < 4.78 is 6.80. The minimum Gasteiger partial charge on any atom is -0.497 e. The van der Waals surface area contributed by atoms with E-state index >= 15 is 0 Å². The molecule has 2 aromatic carbocycles. The molecule has 4 aromatic rings. The molecule has 6 nitrogen and oxygen atoms in total. The van der Waals surface area contributed by atoms with Crippen molar-refractivity contribution in [2.45, 2.75) is 30.2 Å². The number of aryl methyl sites for hydroxylation is 2. The maximum atomic E-state index is 13.0. The second-order valence-corrected chi connectivity index (χ2v) is 9.99. The second-order valence-electron chi connectivity index (χ2n) is 7.96. The number of hydrogen-bond donors (Lipinski definition) is 1. The van der Waals surface area contributed by atoms with Gasteiger partial charge in [-0.15, -0.1) is 11.3 Å². The number of rotatable bonds is 6. The van der Waals surface area contributed by atoms with Crippen LogP contribution in [0, 0.1) is 0 Å². The third-order valence-corrected chi connectivity index (χ3v) is 8.12. The van der Waals surface area contributed by atoms with Crippen LogP contribution in [0.3, 0.4) is 0 Å². The van der Waals surface area contributed by atoms with Crippen LogP contribution in [0.1, 0.15) is 32.8 Å². The Morgan fingerprint density at radius 1 is 1.15 bits per heavy atom. The van der Waals surface area contributed by atoms with Crippen LogP contribution in [0.5, 0.6) is 5.75 Å². The van der Waals surface area contributed by atoms with Crippen molar-refractivity contribution >= 4 is 44.9 Å². The highest BCUT2D eigenvalue weighted by molar-refractivity contribution is 7.98. The predicted molar refractivity (Wildman–Crippen MR) is 134 cm³/mol. The van der Waals surface area contributed by atoms with Crippen molar-refractivity contribution in [2.24, 2.45) is 7.05 Å². The van der Waals surface area contributed by atoms with Crippen molar-refractivity contribution in [3.8, 4) is 5.75 Å². The van der Waals surface area contributed by atoms with E-state index in [-0.39, 0.29) is 11.5 Å². The quantitative estimate of drug-likeness (QED) is 0.311. The molecule has 0 bridgehead atoms. The molecule has 0 aliphatic heterocycles. The average Bonchev–Trinajstić information content (AvgIpc) is 3.42. The summed E-state index contributed by atoms with van der Waals surface area (Å²) in [7, 11) is 3.40. The van der Waals surface area contributed by atoms with E-state index in [0.717, 1.165) is 40.8 Å². The number of anilines is 1. The summed E-state index contributed by atoms with van der Waals surface area (Å²) in [5, 5.41) is 4.42. The van der Waals surface area contributed by atoms with Gasteiger partial charge in [0.2, 0.25) is 0 Å². The summed E-state index contributed by atoms with van der Waals surface area (Å²) in [6, 6.07) is 14.7. The van der Waals surface area contributed by atoms with Gasteiger partial charge in [-0.3, -0.25) is 14.2 Å². The van der Waals surface area contributed by atoms with E-state index in [2.05, 4.69) is 5.32 Å². The molecule has 0 radical (unpaired) electrons. The Morgan fingerprint density at radius 2 is 1.91 bits per heavy atom. The van der Waals surface area contributed by atoms with E-state index in [9.17, 15) is 9.59 Å². The minimum absolute atomic E-state index is 0.0486. The minimum atomic E-state index is -0.167. The molecular formula is C25H23N3O3S2. The molecular weight excluding hydrogens is 454 g/mol. The number of hydrogen-bond acceptors (Lipinski definition) is 6. The zero-order valence-electron chi connectivity index (χ0n) is 18.4. The van der Waals surface area contributed by atoms with Gasteiger partial charge in [-0.1, -0.05) is 23.9 Å². The fourth-order valence-electron chi connectivity index (χ4n) is 4.01. The Bertz CT molecular complexity index is 1390. The molecule has 1 N–H and O–H groups in total. The van der Waals surface area contributed by atoms with Crippen LogP contribution in [-0.2, 0) is 25.6 Å². The molecule has 33 heavy (non-hydrogen) atoms. The van der Waals surface area contributed by atoms with Crippen LogP contribution in [0.2, 0.25) is 0 Å². The molecule has 2 aromatic heterocycles. The zero-order valence-corrected chi connectivity index (χ0v) is 20.0. The van der Waals surface area contributed by atoms with Gasteiger partial charge in [0.25, 0.3) is 11.5 Å². The number of amides is 1. The number of thiophene rings is 1. The number of aromatic nitrogens is 2. The van der Waals surface area contributed by atoms with Gasteiger partial charge < -0.3 is 10.1 Å². The zero-order chi connectivity index (χ0) is 22.9. The van der Waals surface area contributed by atoms with Crippen molar-refractivity contribution in [3.63, 3.8) is 0 Å². The summed E-state index contributed by atoms with van der Waals surface area (Å²) in [5.41, 5.74) is 3.61. The lowest BCUT2D eigenvalue weighted by atomic mass is 10.1. The van der Waals surface area contributed by atoms with Crippen molar-refractivity contribution < 1.29 is 9.53 Å². The Balaban J connectivity index is 1.27. The fraction of sp³-hybridized carbons (Fsp3) is 0.240. The van der Waals surface area contributed by atoms with Gasteiger partial charge in [0.1, 0.15) is 10.6 Å². The lowest BCUT2D eigenvalue weighted by Gasteiger charge is -2.09. The molecule has 0 atom stereocenters. The average molecular weight is 478 g/mol. The summed E-state index contributed by atoms with van der Waals surface area (Å²) in [6.45, 7) is 0. The van der Waals surface area contributed by atoms with Crippen molar-refractivity contribution in [1.29, 1.82) is 0 Å². The Hall–Kier alpha value is -3.10. The van der Waals surface area contributed by atoms with Crippen LogP contribution in [0.25, 0.3) is 10.2 Å². The number of nitrogens with zero attached hydrogens (tertiary/aromatic N) is 2. The lowest BCUT2D eigenvalue weighted by Crippen LogP contribution is -2.20. The first-order chi connectivity index (χ1) is 16.0. The number of nitrogens with one attached hydrogen (secondary N) is 1. The van der Waals surface area contributed by atoms with Crippen LogP contribution < -0.4 is 15.6 Å². The number of methoxy groups -OCH3 is 1. The van der Waals surface area contributed by atoms with Crippen molar-refractivity contribution in [2.75, 3.05) is 12.4 Å². The maximum absolute atomic E-state index is 13.0. The molecule has 168 valence electrons. The lowest BCUT2D eigenvalue weighted by molar-refractivity contribution is 0.102. The molecule has 0 saturated carbocycles. The SMILES string of the molecule is COc1ccc(NC(=O)c2ccc(CSc3nc4sc5c(c4c(=O)n3C)CCC5)cc2)cc1. The van der Waals surface area contributed by atoms with E-state index in [1.54, 1.807) is 54.3 Å². The first kappa shape index (κ1) is 21.7. The van der Waals surface area contributed by atoms with Crippen LogP contribution in [0.4, 0.5) is 5.69 Å². The fourth-order valence-corrected chi connectivity index (χ4v) is 6.24. The largest absolute Gasteiger partial charge is 0.497 e. The van der Waals surface area contributed by atoms with E-state index in [1.165, 1.54) is 22.2 Å². The van der Waals surface area contributed by atoms with Crippen molar-refractivity contribution in [3.05, 3.63) is 80.5 Å². The monoisotopic (exact) mass is 477 g/mol. The molecule has 0 spiro atoms. The number of benzene rings is 2. The molecule has 0 fully saturated rings. The smallest absolute Gasteiger partial charge is 0.262 e. The molecule has 8 heteroatoms. The normalized spacial score (nSPS) is 12.7. The number of fused-ring (bicyclic) bond motifs is 3. The summed E-state index contributed by atoms with van der Waals surface area (Å²) in [4.78, 5) is 32.4. The maximum Gasteiger partial charge on any atom is 0.262 e. The molecule has 1 amide bonds. The topological polar surface area (TPSA) is 73.2 Å². The predicted octanol–water partition coefficient (Wildman–Crippen LogP) is 5.04. The van der Waals surface area contributed by atoms with Crippen LogP contribution in [-0.4, -0.2) is 22.6 Å². The van der Waals surface area contributed by atoms with Crippen LogP contribution >= 0.6 is 23.1 Å². The highest BCUT2D eigenvalue weighted by Crippen LogP contribution is 2.35. The number of thioether (sulfide) groups is 1. The van der Waals surface area contributed by atoms with Gasteiger partial charge in [-0.25, -0.2) is 4.98 Å². The summed E-state index contributed by atoms with van der Waals surface area (Å²) in [5.74, 6) is 1.24. The van der Waals surface area contributed by atoms with Crippen molar-refractivity contribution in [1.82, 2.24) is 9.55 Å². The van der Waals surface area contributed by atoms with Gasteiger partial charge >= 0.3 is 0 Å². The summed E-state index contributed by atoms with van der Waals surface area (Å²) >= 11 is 3.20. The highest BCUT2D eigenvalue weighted by atomic mass is 32.2. The third-order valence-electron chi connectivity index (χ3n) is 5.84. The van der Waals surface area contributed by atoms with E-state index < -0.39 is 0 Å². The summed E-state index contributed by atoms with van der Waals surface area (Å²) in [6.07, 6.45) is 3.17. The Morgan fingerprint density at radius 3 is 2.64 bits per heavy atom. The van der Waals surface area contributed by atoms with E-state index in [1.807, 2.05) is 24.3 Å². The molecule has 0 unspecified atom stereocenters. The second kappa shape index (κ2) is 9.03. The van der Waals surface area contributed by atoms with E-state index in [0.29, 0.717) is 22.2 Å². The standard InChI is InChI=1S/C25H23N3O3S2/c1-28-24(30)21-19-4-3-5-20(19)33-23(21)27-25(28)32-14-15-6-8-16(9-7-15)22(29)26-17-10-12-18(31-2)13-11-17/h6-13H,3-5,14H2,1-2H3,(H,26,29). The van der Waals surface area contributed by atoms with E-state index in [4.69, 9.17) is 9.72 Å². The highest BCUT2D eigenvalue weighted by Gasteiger charge is 2.22. The number of carbonyl (C=O) groups is 1. The van der Waals surface area contributed by atoms with Gasteiger partial charge in [-0.05, 0) is 66.8 Å². The number of carbonyl (C=O) groups excluding carboxylic acids is 1. The van der Waals surface area contributed by atoms with Gasteiger partial charge in [0, 0.05) is 28.9 Å². The first-order valence-corrected chi connectivity index (χ1v) is 12.5. The van der Waals surface area contributed by atoms with Gasteiger partial charge in [0.15, 0.2) is 5.16 Å². The first-order valence-electron chi connectivity index (χ1n) is 10.7. The van der Waals surface area contributed by atoms with Gasteiger partial charge in [0.05, 0.1) is 12.5 Å². The molecule has 1 aliphatic rings. The van der Waals surface area contributed by atoms with Crippen LogP contribution in [0.15, 0.2) is 58.5 Å². The third kappa shape index (κ3) is 4.28. The molecule has 1 aliphatic carbocycles.